The van der Waals surface area contributed by atoms with E-state index in [0.717, 1.165) is 30.6 Å². The number of fused-ring (bicyclic) bond motifs is 1. The predicted octanol–water partition coefficient (Wildman–Crippen LogP) is 2.61. The van der Waals surface area contributed by atoms with Gasteiger partial charge in [-0.1, -0.05) is 19.9 Å². The van der Waals surface area contributed by atoms with E-state index in [4.69, 9.17) is 4.99 Å². The van der Waals surface area contributed by atoms with Crippen LogP contribution < -0.4 is 20.9 Å². The van der Waals surface area contributed by atoms with Crippen LogP contribution in [0.5, 0.6) is 0 Å². The van der Waals surface area contributed by atoms with Gasteiger partial charge in [0.25, 0.3) is 5.91 Å². The van der Waals surface area contributed by atoms with E-state index in [1.807, 2.05) is 29.8 Å². The molecule has 214 valence electrons. The van der Waals surface area contributed by atoms with Gasteiger partial charge in [0, 0.05) is 56.9 Å². The molecule has 4 aliphatic heterocycles. The number of piperazine rings is 1. The SMILES string of the molecule is CC.O=C1NC(=O)/C(=C/C2C=NN3C(NC4CC4)=CC(N4CCN(c5cccc(C(F)(F)F)n5)CC4)=NC3C2)N1. The van der Waals surface area contributed by atoms with Gasteiger partial charge < -0.3 is 20.4 Å². The molecule has 2 unspecified atom stereocenters. The average Bonchev–Trinajstić information content (AvgIpc) is 3.71. The van der Waals surface area contributed by atoms with Gasteiger partial charge in [-0.25, -0.2) is 19.8 Å². The Balaban J connectivity index is 0.00000158. The van der Waals surface area contributed by atoms with E-state index in [1.54, 1.807) is 18.4 Å². The third-order valence-corrected chi connectivity index (χ3v) is 6.92. The molecule has 5 heterocycles. The first-order chi connectivity index (χ1) is 19.2. The van der Waals surface area contributed by atoms with E-state index >= 15 is 0 Å². The van der Waals surface area contributed by atoms with Crippen molar-refractivity contribution in [2.45, 2.75) is 51.5 Å². The van der Waals surface area contributed by atoms with Gasteiger partial charge in [0.1, 0.15) is 35.0 Å². The van der Waals surface area contributed by atoms with Gasteiger partial charge in [-0.05, 0) is 31.1 Å². The summed E-state index contributed by atoms with van der Waals surface area (Å²) >= 11 is 0. The van der Waals surface area contributed by atoms with E-state index in [0.29, 0.717) is 44.5 Å². The number of hydrogen-bond donors (Lipinski definition) is 3. The number of nitrogens with one attached hydrogen (secondary N) is 3. The molecule has 2 saturated heterocycles. The fourth-order valence-corrected chi connectivity index (χ4v) is 4.81. The molecule has 1 aromatic heterocycles. The van der Waals surface area contributed by atoms with Gasteiger partial charge in [0.05, 0.1) is 0 Å². The zero-order valence-corrected chi connectivity index (χ0v) is 22.3. The highest BCUT2D eigenvalue weighted by molar-refractivity contribution is 6.11. The summed E-state index contributed by atoms with van der Waals surface area (Å²) in [6.07, 6.45) is 3.31. The van der Waals surface area contributed by atoms with Gasteiger partial charge in [0.2, 0.25) is 0 Å². The number of rotatable bonds is 4. The van der Waals surface area contributed by atoms with Gasteiger partial charge in [-0.2, -0.15) is 18.3 Å². The van der Waals surface area contributed by atoms with E-state index < -0.39 is 23.8 Å². The van der Waals surface area contributed by atoms with Crippen LogP contribution in [0.15, 0.2) is 52.0 Å². The number of allylic oxidation sites excluding steroid dienone is 1. The Morgan fingerprint density at radius 1 is 1.05 bits per heavy atom. The lowest BCUT2D eigenvalue weighted by Gasteiger charge is -2.41. The maximum atomic E-state index is 13.1. The van der Waals surface area contributed by atoms with Crippen LogP contribution in [-0.2, 0) is 11.0 Å². The second kappa shape index (κ2) is 11.2. The number of carbonyl (C=O) groups excluding carboxylic acids is 2. The number of anilines is 1. The van der Waals surface area contributed by atoms with Crippen LogP contribution in [0, 0.1) is 5.92 Å². The Labute approximate surface area is 229 Å². The Morgan fingerprint density at radius 2 is 1.77 bits per heavy atom. The maximum Gasteiger partial charge on any atom is 0.433 e. The van der Waals surface area contributed by atoms with Crippen molar-refractivity contribution in [2.75, 3.05) is 31.1 Å². The van der Waals surface area contributed by atoms with Gasteiger partial charge >= 0.3 is 12.2 Å². The molecule has 1 aromatic rings. The van der Waals surface area contributed by atoms with Crippen LogP contribution in [0.1, 0.15) is 38.8 Å². The number of aromatic nitrogens is 1. The Kier molecular flexibility index (Phi) is 7.68. The molecule has 0 radical (unpaired) electrons. The molecule has 5 aliphatic rings. The van der Waals surface area contributed by atoms with Crippen LogP contribution in [0.25, 0.3) is 0 Å². The normalized spacial score (nSPS) is 25.4. The third kappa shape index (κ3) is 6.05. The minimum atomic E-state index is -4.49. The molecule has 2 atom stereocenters. The van der Waals surface area contributed by atoms with Gasteiger partial charge in [-0.3, -0.25) is 10.1 Å². The number of aliphatic imine (C=N–C) groups is 1. The van der Waals surface area contributed by atoms with Crippen molar-refractivity contribution in [1.82, 2.24) is 30.8 Å². The maximum absolute atomic E-state index is 13.1. The zero-order chi connectivity index (χ0) is 28.4. The highest BCUT2D eigenvalue weighted by Gasteiger charge is 2.36. The molecule has 1 aliphatic carbocycles. The molecule has 6 rings (SSSR count). The number of amides is 3. The topological polar surface area (TPSA) is 118 Å². The van der Waals surface area contributed by atoms with Crippen molar-refractivity contribution in [3.8, 4) is 0 Å². The number of imide groups is 1. The van der Waals surface area contributed by atoms with E-state index in [1.165, 1.54) is 6.07 Å². The van der Waals surface area contributed by atoms with Crippen LogP contribution in [0.4, 0.5) is 23.8 Å². The van der Waals surface area contributed by atoms with Crippen molar-refractivity contribution in [3.63, 3.8) is 0 Å². The first-order valence-electron chi connectivity index (χ1n) is 13.5. The number of hydrazone groups is 1. The van der Waals surface area contributed by atoms with Crippen LogP contribution in [0.3, 0.4) is 0 Å². The molecule has 3 fully saturated rings. The molecule has 0 spiro atoms. The molecule has 1 saturated carbocycles. The number of amidine groups is 1. The highest BCUT2D eigenvalue weighted by Crippen LogP contribution is 2.31. The van der Waals surface area contributed by atoms with Crippen molar-refractivity contribution >= 4 is 29.8 Å². The molecule has 3 N–H and O–H groups in total. The number of alkyl halides is 3. The fourth-order valence-electron chi connectivity index (χ4n) is 4.81. The Bertz CT molecular complexity index is 1260. The lowest BCUT2D eigenvalue weighted by molar-refractivity contribution is -0.141. The summed E-state index contributed by atoms with van der Waals surface area (Å²) in [5.41, 5.74) is -0.698. The van der Waals surface area contributed by atoms with Gasteiger partial charge in [-0.15, -0.1) is 0 Å². The van der Waals surface area contributed by atoms with Crippen LogP contribution in [0.2, 0.25) is 0 Å². The number of hydrogen-bond acceptors (Lipinski definition) is 9. The van der Waals surface area contributed by atoms with Crippen LogP contribution >= 0.6 is 0 Å². The zero-order valence-electron chi connectivity index (χ0n) is 22.3. The minimum Gasteiger partial charge on any atom is -0.367 e. The fraction of sp³-hybridized carbons (Fsp3) is 0.500. The largest absolute Gasteiger partial charge is 0.433 e. The summed E-state index contributed by atoms with van der Waals surface area (Å²) in [5.74, 6) is 1.26. The number of nitrogens with zero attached hydrogens (tertiary/aromatic N) is 6. The number of pyridine rings is 1. The second-order valence-electron chi connectivity index (χ2n) is 9.77. The first kappa shape index (κ1) is 27.5. The summed E-state index contributed by atoms with van der Waals surface area (Å²) in [7, 11) is 0. The monoisotopic (exact) mass is 559 g/mol. The average molecular weight is 560 g/mol. The van der Waals surface area contributed by atoms with E-state index in [9.17, 15) is 22.8 Å². The minimum absolute atomic E-state index is 0.200. The molecule has 0 aromatic carbocycles. The standard InChI is InChI=1S/C24H26F3N9O2.C2H6/c25-24(26,27)17-2-1-3-18(31-17)34-6-8-35(9-7-34)19-12-21(29-15-4-5-15)36-20(32-19)11-14(13-28-36)10-16-22(37)33-23(38)30-16;1-2/h1-3,10,12-15,20,29H,4-9,11H2,(H2,30,33,37,38);1-2H3/b16-10-;. The van der Waals surface area contributed by atoms with E-state index in [-0.39, 0.29) is 17.8 Å². The number of carbonyl (C=O) groups is 2. The summed E-state index contributed by atoms with van der Waals surface area (Å²) in [6, 6.07) is 3.79. The third-order valence-electron chi connectivity index (χ3n) is 6.92. The van der Waals surface area contributed by atoms with Crippen LogP contribution in [-0.4, -0.2) is 77.3 Å². The smallest absolute Gasteiger partial charge is 0.367 e. The predicted molar refractivity (Wildman–Crippen MR) is 143 cm³/mol. The van der Waals surface area contributed by atoms with Crippen molar-refractivity contribution < 1.29 is 22.8 Å². The summed E-state index contributed by atoms with van der Waals surface area (Å²) < 4.78 is 39.3. The van der Waals surface area contributed by atoms with Crippen molar-refractivity contribution in [2.24, 2.45) is 16.0 Å². The Hall–Kier alpha value is -4.10. The molecule has 40 heavy (non-hydrogen) atoms. The first-order valence-corrected chi connectivity index (χ1v) is 13.5. The van der Waals surface area contributed by atoms with E-state index in [2.05, 4.69) is 30.9 Å². The summed E-state index contributed by atoms with van der Waals surface area (Å²) in [4.78, 5) is 36.1. The molecule has 11 nitrogen and oxygen atoms in total. The second-order valence-corrected chi connectivity index (χ2v) is 9.77. The van der Waals surface area contributed by atoms with Crippen molar-refractivity contribution in [1.29, 1.82) is 0 Å². The van der Waals surface area contributed by atoms with Crippen molar-refractivity contribution in [3.05, 3.63) is 47.6 Å². The number of urea groups is 1. The lowest BCUT2D eigenvalue weighted by atomic mass is 10.0. The quantitative estimate of drug-likeness (QED) is 0.384. The molecule has 14 heteroatoms. The lowest BCUT2D eigenvalue weighted by Crippen LogP contribution is -2.51. The number of halogens is 3. The molecular formula is C26H32F3N9O2. The molecular weight excluding hydrogens is 527 g/mol. The molecule has 0 bridgehead atoms. The summed E-state index contributed by atoms with van der Waals surface area (Å²) in [6.45, 7) is 6.14. The molecule has 3 amide bonds. The highest BCUT2D eigenvalue weighted by atomic mass is 19.4. The Morgan fingerprint density at radius 3 is 2.42 bits per heavy atom. The van der Waals surface area contributed by atoms with Gasteiger partial charge in [0.15, 0.2) is 0 Å². The summed E-state index contributed by atoms with van der Waals surface area (Å²) in [5, 5.41) is 14.7.